The summed E-state index contributed by atoms with van der Waals surface area (Å²) in [6, 6.07) is 57.0. The highest BCUT2D eigenvalue weighted by molar-refractivity contribution is 6.15. The van der Waals surface area contributed by atoms with Gasteiger partial charge in [-0.1, -0.05) is 133 Å². The number of rotatable bonds is 5. The molecule has 0 saturated carbocycles. The lowest BCUT2D eigenvalue weighted by atomic mass is 9.96. The molecule has 0 fully saturated rings. The van der Waals surface area contributed by atoms with Gasteiger partial charge in [0.2, 0.25) is 0 Å². The lowest BCUT2D eigenvalue weighted by Crippen LogP contribution is -2.33. The van der Waals surface area contributed by atoms with Gasteiger partial charge in [-0.3, -0.25) is 0 Å². The molecule has 1 atom stereocenters. The highest BCUT2D eigenvalue weighted by Gasteiger charge is 2.21. The molecule has 1 aliphatic rings. The van der Waals surface area contributed by atoms with Crippen molar-refractivity contribution in [3.05, 3.63) is 180 Å². The summed E-state index contributed by atoms with van der Waals surface area (Å²) in [7, 11) is 0. The van der Waals surface area contributed by atoms with Crippen molar-refractivity contribution >= 4 is 44.4 Å². The maximum absolute atomic E-state index is 6.19. The van der Waals surface area contributed by atoms with Crippen LogP contribution in [0.4, 0.5) is 0 Å². The van der Waals surface area contributed by atoms with Crippen LogP contribution in [-0.4, -0.2) is 11.7 Å². The zero-order chi connectivity index (χ0) is 31.2. The molecule has 9 rings (SSSR count). The maximum atomic E-state index is 6.19. The Hall–Kier alpha value is -6.26. The molecular formula is C43H29N3O. The standard InChI is InChI=1S/C43H29N3O/c1-3-11-28(12-4-1)31-15-9-16-33(25-31)42-44-41(30-13-5-2-6-14-30)45-43(46-42)34-24-22-29-21-23-32(26-35(29)27-34)36-18-10-20-39-40(36)37-17-7-8-19-38(37)47-39/h1-27,41H,(H,44,45,46). The van der Waals surface area contributed by atoms with Gasteiger partial charge in [0.05, 0.1) is 0 Å². The maximum Gasteiger partial charge on any atom is 0.159 e. The van der Waals surface area contributed by atoms with Crippen LogP contribution < -0.4 is 5.32 Å². The summed E-state index contributed by atoms with van der Waals surface area (Å²) in [6.07, 6.45) is -0.270. The molecule has 4 heteroatoms. The fraction of sp³-hybridized carbons (Fsp3) is 0.0233. The lowest BCUT2D eigenvalue weighted by Gasteiger charge is -2.24. The molecule has 7 aromatic carbocycles. The van der Waals surface area contributed by atoms with Gasteiger partial charge >= 0.3 is 0 Å². The van der Waals surface area contributed by atoms with E-state index in [2.05, 4.69) is 139 Å². The molecule has 2 heterocycles. The largest absolute Gasteiger partial charge is 0.456 e. The van der Waals surface area contributed by atoms with Crippen LogP contribution in [0, 0.1) is 0 Å². The number of fused-ring (bicyclic) bond motifs is 4. The van der Waals surface area contributed by atoms with E-state index in [-0.39, 0.29) is 6.17 Å². The van der Waals surface area contributed by atoms with Crippen LogP contribution >= 0.6 is 0 Å². The summed E-state index contributed by atoms with van der Waals surface area (Å²) in [5.74, 6) is 1.50. The van der Waals surface area contributed by atoms with Crippen LogP contribution in [0.25, 0.3) is 55.0 Å². The van der Waals surface area contributed by atoms with Gasteiger partial charge in [-0.2, -0.15) is 0 Å². The molecule has 47 heavy (non-hydrogen) atoms. The summed E-state index contributed by atoms with van der Waals surface area (Å²) < 4.78 is 6.19. The first-order valence-electron chi connectivity index (χ1n) is 15.9. The van der Waals surface area contributed by atoms with Crippen molar-refractivity contribution in [2.24, 2.45) is 9.98 Å². The molecule has 0 radical (unpaired) electrons. The van der Waals surface area contributed by atoms with Crippen molar-refractivity contribution in [2.75, 3.05) is 0 Å². The minimum atomic E-state index is -0.270. The molecule has 1 aliphatic heterocycles. The summed E-state index contributed by atoms with van der Waals surface area (Å²) in [5.41, 5.74) is 9.48. The number of furan rings is 1. The average molecular weight is 604 g/mol. The van der Waals surface area contributed by atoms with Gasteiger partial charge in [-0.05, 0) is 68.9 Å². The molecule has 8 aromatic rings. The van der Waals surface area contributed by atoms with Gasteiger partial charge < -0.3 is 9.73 Å². The van der Waals surface area contributed by atoms with Crippen LogP contribution in [0.1, 0.15) is 22.9 Å². The van der Waals surface area contributed by atoms with Gasteiger partial charge in [-0.25, -0.2) is 9.98 Å². The average Bonchev–Trinajstić information content (AvgIpc) is 3.54. The van der Waals surface area contributed by atoms with Crippen LogP contribution in [0.5, 0.6) is 0 Å². The van der Waals surface area contributed by atoms with Crippen LogP contribution in [0.3, 0.4) is 0 Å². The number of aliphatic imine (C=N–C) groups is 2. The lowest BCUT2D eigenvalue weighted by molar-refractivity contribution is 0.669. The number of nitrogens with one attached hydrogen (secondary N) is 1. The van der Waals surface area contributed by atoms with Crippen LogP contribution in [-0.2, 0) is 0 Å². The van der Waals surface area contributed by atoms with Gasteiger partial charge in [-0.15, -0.1) is 0 Å². The topological polar surface area (TPSA) is 49.9 Å². The normalized spacial score (nSPS) is 14.6. The van der Waals surface area contributed by atoms with Crippen LogP contribution in [0.2, 0.25) is 0 Å². The Morgan fingerprint density at radius 3 is 2.04 bits per heavy atom. The van der Waals surface area contributed by atoms with Gasteiger partial charge in [0.15, 0.2) is 5.84 Å². The zero-order valence-corrected chi connectivity index (χ0v) is 25.5. The van der Waals surface area contributed by atoms with E-state index in [0.717, 1.165) is 71.9 Å². The third kappa shape index (κ3) is 4.97. The van der Waals surface area contributed by atoms with Crippen LogP contribution in [0.15, 0.2) is 178 Å². The molecule has 4 nitrogen and oxygen atoms in total. The Bertz CT molecular complexity index is 2490. The highest BCUT2D eigenvalue weighted by atomic mass is 16.3. The molecule has 222 valence electrons. The molecule has 0 bridgehead atoms. The molecule has 0 aliphatic carbocycles. The van der Waals surface area contributed by atoms with Crippen molar-refractivity contribution < 1.29 is 4.42 Å². The van der Waals surface area contributed by atoms with E-state index >= 15 is 0 Å². The van der Waals surface area contributed by atoms with Crippen molar-refractivity contribution in [3.8, 4) is 22.3 Å². The fourth-order valence-corrected chi connectivity index (χ4v) is 6.58. The van der Waals surface area contributed by atoms with E-state index in [1.54, 1.807) is 0 Å². The van der Waals surface area contributed by atoms with Crippen molar-refractivity contribution in [1.29, 1.82) is 0 Å². The number of nitrogens with zero attached hydrogens (tertiary/aromatic N) is 2. The first-order chi connectivity index (χ1) is 23.3. The molecule has 0 amide bonds. The minimum Gasteiger partial charge on any atom is -0.456 e. The summed E-state index contributed by atoms with van der Waals surface area (Å²) in [4.78, 5) is 10.3. The Balaban J connectivity index is 1.15. The zero-order valence-electron chi connectivity index (χ0n) is 25.5. The van der Waals surface area contributed by atoms with Crippen molar-refractivity contribution in [1.82, 2.24) is 5.32 Å². The number of hydrogen-bond donors (Lipinski definition) is 1. The van der Waals surface area contributed by atoms with Crippen molar-refractivity contribution in [3.63, 3.8) is 0 Å². The van der Waals surface area contributed by atoms with Gasteiger partial charge in [0, 0.05) is 21.9 Å². The molecular weight excluding hydrogens is 574 g/mol. The van der Waals surface area contributed by atoms with E-state index in [9.17, 15) is 0 Å². The first-order valence-corrected chi connectivity index (χ1v) is 15.9. The van der Waals surface area contributed by atoms with Gasteiger partial charge in [0.1, 0.15) is 23.2 Å². The second kappa shape index (κ2) is 11.3. The SMILES string of the molecule is c1ccc(-c2cccc(C3=NC(c4ccc5ccc(-c6cccc7oc8ccccc8c67)cc5c4)=NC(c4ccccc4)N3)c2)cc1. The number of hydrogen-bond acceptors (Lipinski definition) is 4. The number of amidine groups is 2. The van der Waals surface area contributed by atoms with E-state index in [4.69, 9.17) is 14.4 Å². The van der Waals surface area contributed by atoms with E-state index < -0.39 is 0 Å². The van der Waals surface area contributed by atoms with Gasteiger partial charge in [0.25, 0.3) is 0 Å². The molecule has 1 unspecified atom stereocenters. The van der Waals surface area contributed by atoms with E-state index in [0.29, 0.717) is 5.84 Å². The molecule has 0 saturated heterocycles. The third-order valence-electron chi connectivity index (χ3n) is 8.91. The summed E-state index contributed by atoms with van der Waals surface area (Å²) >= 11 is 0. The molecule has 1 N–H and O–H groups in total. The fourth-order valence-electron chi connectivity index (χ4n) is 6.58. The Morgan fingerprint density at radius 2 is 1.17 bits per heavy atom. The second-order valence-electron chi connectivity index (χ2n) is 11.9. The van der Waals surface area contributed by atoms with E-state index in [1.807, 2.05) is 30.3 Å². The summed E-state index contributed by atoms with van der Waals surface area (Å²) in [6.45, 7) is 0. The number of para-hydroxylation sites is 1. The van der Waals surface area contributed by atoms with Crippen molar-refractivity contribution in [2.45, 2.75) is 6.17 Å². The van der Waals surface area contributed by atoms with E-state index in [1.165, 1.54) is 5.56 Å². The minimum absolute atomic E-state index is 0.270. The monoisotopic (exact) mass is 603 g/mol. The quantitative estimate of drug-likeness (QED) is 0.213. The Morgan fingerprint density at radius 1 is 0.489 bits per heavy atom. The smallest absolute Gasteiger partial charge is 0.159 e. The highest BCUT2D eigenvalue weighted by Crippen LogP contribution is 2.37. The summed E-state index contributed by atoms with van der Waals surface area (Å²) in [5, 5.41) is 8.17. The first kappa shape index (κ1) is 27.1. The Labute approximate surface area is 272 Å². The molecule has 1 aromatic heterocycles. The second-order valence-corrected chi connectivity index (χ2v) is 11.9. The Kier molecular flexibility index (Phi) is 6.50. The number of benzene rings is 7. The predicted molar refractivity (Wildman–Crippen MR) is 194 cm³/mol. The predicted octanol–water partition coefficient (Wildman–Crippen LogP) is 10.6. The molecule has 0 spiro atoms. The third-order valence-corrected chi connectivity index (χ3v) is 8.91.